The van der Waals surface area contributed by atoms with Crippen LogP contribution < -0.4 is 0 Å². The Bertz CT molecular complexity index is 542. The van der Waals surface area contributed by atoms with E-state index in [0.29, 0.717) is 30.4 Å². The molecule has 0 radical (unpaired) electrons. The summed E-state index contributed by atoms with van der Waals surface area (Å²) in [4.78, 5) is 36.7. The second-order valence-electron chi connectivity index (χ2n) is 6.09. The first-order chi connectivity index (χ1) is 10.4. The van der Waals surface area contributed by atoms with E-state index >= 15 is 0 Å². The molecule has 0 bridgehead atoms. The van der Waals surface area contributed by atoms with Gasteiger partial charge < -0.3 is 9.80 Å². The first-order valence-corrected chi connectivity index (χ1v) is 7.84. The second kappa shape index (κ2) is 6.85. The number of hydrogen-bond donors (Lipinski definition) is 0. The average molecular weight is 304 g/mol. The van der Waals surface area contributed by atoms with Crippen molar-refractivity contribution >= 4 is 11.8 Å². The molecule has 1 aliphatic heterocycles. The van der Waals surface area contributed by atoms with Crippen molar-refractivity contribution in [2.24, 2.45) is 5.92 Å². The van der Waals surface area contributed by atoms with Crippen LogP contribution in [0.1, 0.15) is 43.9 Å². The zero-order chi connectivity index (χ0) is 16.3. The van der Waals surface area contributed by atoms with Crippen molar-refractivity contribution in [2.45, 2.75) is 40.2 Å². The highest BCUT2D eigenvalue weighted by atomic mass is 16.2. The van der Waals surface area contributed by atoms with Crippen LogP contribution in [-0.4, -0.2) is 57.3 Å². The van der Waals surface area contributed by atoms with Crippen LogP contribution in [0, 0.1) is 5.92 Å². The lowest BCUT2D eigenvalue weighted by molar-refractivity contribution is -0.140. The molecule has 6 heteroatoms. The highest BCUT2D eigenvalue weighted by Crippen LogP contribution is 2.16. The van der Waals surface area contributed by atoms with Crippen molar-refractivity contribution in [3.8, 4) is 0 Å². The van der Waals surface area contributed by atoms with Crippen molar-refractivity contribution in [3.63, 3.8) is 0 Å². The van der Waals surface area contributed by atoms with Crippen LogP contribution >= 0.6 is 0 Å². The number of amides is 2. The molecule has 1 fully saturated rings. The summed E-state index contributed by atoms with van der Waals surface area (Å²) >= 11 is 0. The molecule has 120 valence electrons. The number of carbonyl (C=O) groups is 2. The third-order valence-electron chi connectivity index (χ3n) is 3.86. The number of aryl methyl sites for hydroxylation is 1. The van der Waals surface area contributed by atoms with E-state index < -0.39 is 6.04 Å². The van der Waals surface area contributed by atoms with Crippen molar-refractivity contribution in [3.05, 3.63) is 23.8 Å². The molecule has 0 spiro atoms. The Morgan fingerprint density at radius 1 is 1.32 bits per heavy atom. The summed E-state index contributed by atoms with van der Waals surface area (Å²) < 4.78 is 0. The van der Waals surface area contributed by atoms with Crippen LogP contribution in [0.3, 0.4) is 0 Å². The van der Waals surface area contributed by atoms with Gasteiger partial charge in [-0.1, -0.05) is 20.8 Å². The second-order valence-corrected chi connectivity index (χ2v) is 6.09. The van der Waals surface area contributed by atoms with E-state index in [1.807, 2.05) is 11.8 Å². The fraction of sp³-hybridized carbons (Fsp3) is 0.625. The SMILES string of the molecule is CCc1ncc(C(=O)N2CCN(CC(C)C)C(=O)[C@@H]2C)cn1. The lowest BCUT2D eigenvalue weighted by Crippen LogP contribution is -2.58. The molecule has 0 saturated carbocycles. The average Bonchev–Trinajstić information content (AvgIpc) is 2.51. The molecule has 1 atom stereocenters. The smallest absolute Gasteiger partial charge is 0.257 e. The van der Waals surface area contributed by atoms with Crippen LogP contribution in [-0.2, 0) is 11.2 Å². The summed E-state index contributed by atoms with van der Waals surface area (Å²) in [6.45, 7) is 9.79. The Hall–Kier alpha value is -1.98. The van der Waals surface area contributed by atoms with Crippen molar-refractivity contribution in [2.75, 3.05) is 19.6 Å². The minimum Gasteiger partial charge on any atom is -0.339 e. The topological polar surface area (TPSA) is 66.4 Å². The molecule has 0 N–H and O–H groups in total. The summed E-state index contributed by atoms with van der Waals surface area (Å²) in [6, 6.07) is -0.439. The van der Waals surface area contributed by atoms with Gasteiger partial charge in [-0.05, 0) is 12.8 Å². The quantitative estimate of drug-likeness (QED) is 0.842. The molecule has 2 heterocycles. The molecule has 1 aliphatic rings. The van der Waals surface area contributed by atoms with Crippen LogP contribution in [0.25, 0.3) is 0 Å². The molecule has 2 rings (SSSR count). The normalized spacial score (nSPS) is 19.0. The zero-order valence-corrected chi connectivity index (χ0v) is 13.7. The summed E-state index contributed by atoms with van der Waals surface area (Å²) in [5.74, 6) is 0.975. The van der Waals surface area contributed by atoms with Crippen LogP contribution in [0.15, 0.2) is 12.4 Å². The largest absolute Gasteiger partial charge is 0.339 e. The minimum absolute atomic E-state index is 0.0133. The Morgan fingerprint density at radius 2 is 1.95 bits per heavy atom. The van der Waals surface area contributed by atoms with Gasteiger partial charge >= 0.3 is 0 Å². The molecule has 6 nitrogen and oxygen atoms in total. The minimum atomic E-state index is -0.439. The van der Waals surface area contributed by atoms with Crippen LogP contribution in [0.4, 0.5) is 0 Å². The monoisotopic (exact) mass is 304 g/mol. The number of hydrogen-bond acceptors (Lipinski definition) is 4. The van der Waals surface area contributed by atoms with E-state index in [1.54, 1.807) is 24.2 Å². The highest BCUT2D eigenvalue weighted by molar-refractivity contribution is 5.97. The number of rotatable bonds is 4. The Kier molecular flexibility index (Phi) is 5.11. The van der Waals surface area contributed by atoms with Crippen LogP contribution in [0.5, 0.6) is 0 Å². The molecule has 2 amide bonds. The number of nitrogens with zero attached hydrogens (tertiary/aromatic N) is 4. The molecule has 1 aromatic heterocycles. The van der Waals surface area contributed by atoms with Gasteiger partial charge in [0, 0.05) is 38.4 Å². The third-order valence-corrected chi connectivity index (χ3v) is 3.86. The van der Waals surface area contributed by atoms with Crippen molar-refractivity contribution in [1.29, 1.82) is 0 Å². The van der Waals surface area contributed by atoms with Crippen molar-refractivity contribution in [1.82, 2.24) is 19.8 Å². The predicted molar refractivity (Wildman–Crippen MR) is 83.3 cm³/mol. The Balaban J connectivity index is 2.09. The Morgan fingerprint density at radius 3 is 2.50 bits per heavy atom. The van der Waals surface area contributed by atoms with E-state index in [-0.39, 0.29) is 11.8 Å². The molecule has 22 heavy (non-hydrogen) atoms. The van der Waals surface area contributed by atoms with Gasteiger partial charge in [0.2, 0.25) is 5.91 Å². The van der Waals surface area contributed by atoms with E-state index in [1.165, 1.54) is 0 Å². The van der Waals surface area contributed by atoms with Gasteiger partial charge in [-0.25, -0.2) is 9.97 Å². The molecular formula is C16H24N4O2. The maximum absolute atomic E-state index is 12.6. The molecule has 0 aliphatic carbocycles. The molecule has 1 saturated heterocycles. The van der Waals surface area contributed by atoms with E-state index in [0.717, 1.165) is 13.0 Å². The standard InChI is InChI=1S/C16H24N4O2/c1-5-14-17-8-13(9-18-14)16(22)20-7-6-19(10-11(2)3)15(21)12(20)4/h8-9,11-12H,5-7,10H2,1-4H3/t12-/m0/s1. The van der Waals surface area contributed by atoms with Crippen LogP contribution in [0.2, 0.25) is 0 Å². The van der Waals surface area contributed by atoms with Gasteiger partial charge in [0.05, 0.1) is 5.56 Å². The zero-order valence-electron chi connectivity index (χ0n) is 13.7. The maximum Gasteiger partial charge on any atom is 0.257 e. The van der Waals surface area contributed by atoms with E-state index in [2.05, 4.69) is 23.8 Å². The Labute approximate surface area is 131 Å². The number of piperazine rings is 1. The van der Waals surface area contributed by atoms with Gasteiger partial charge in [0.25, 0.3) is 5.91 Å². The molecule has 0 aromatic carbocycles. The lowest BCUT2D eigenvalue weighted by Gasteiger charge is -2.39. The summed E-state index contributed by atoms with van der Waals surface area (Å²) in [5, 5.41) is 0. The van der Waals surface area contributed by atoms with Gasteiger partial charge in [-0.15, -0.1) is 0 Å². The summed E-state index contributed by atoms with van der Waals surface area (Å²) in [7, 11) is 0. The summed E-state index contributed by atoms with van der Waals surface area (Å²) in [6.07, 6.45) is 3.83. The number of carbonyl (C=O) groups excluding carboxylic acids is 2. The van der Waals surface area contributed by atoms with E-state index in [9.17, 15) is 9.59 Å². The third kappa shape index (κ3) is 3.43. The maximum atomic E-state index is 12.6. The fourth-order valence-electron chi connectivity index (χ4n) is 2.64. The molecular weight excluding hydrogens is 280 g/mol. The van der Waals surface area contributed by atoms with Gasteiger partial charge in [0.15, 0.2) is 0 Å². The van der Waals surface area contributed by atoms with Gasteiger partial charge in [0.1, 0.15) is 11.9 Å². The summed E-state index contributed by atoms with van der Waals surface area (Å²) in [5.41, 5.74) is 0.439. The first-order valence-electron chi connectivity index (χ1n) is 7.84. The predicted octanol–water partition coefficient (Wildman–Crippen LogP) is 1.37. The fourth-order valence-corrected chi connectivity index (χ4v) is 2.64. The molecule has 0 unspecified atom stereocenters. The lowest BCUT2D eigenvalue weighted by atomic mass is 10.1. The van der Waals surface area contributed by atoms with Gasteiger partial charge in [-0.2, -0.15) is 0 Å². The number of aromatic nitrogens is 2. The van der Waals surface area contributed by atoms with Gasteiger partial charge in [-0.3, -0.25) is 9.59 Å². The molecule has 1 aromatic rings. The highest BCUT2D eigenvalue weighted by Gasteiger charge is 2.34. The van der Waals surface area contributed by atoms with Crippen molar-refractivity contribution < 1.29 is 9.59 Å². The van der Waals surface area contributed by atoms with E-state index in [4.69, 9.17) is 0 Å². The first kappa shape index (κ1) is 16.4.